The van der Waals surface area contributed by atoms with E-state index in [0.29, 0.717) is 24.2 Å². The van der Waals surface area contributed by atoms with Gasteiger partial charge in [-0.25, -0.2) is 0 Å². The van der Waals surface area contributed by atoms with E-state index in [1.165, 1.54) is 6.42 Å². The van der Waals surface area contributed by atoms with Crippen LogP contribution in [0.2, 0.25) is 0 Å². The first kappa shape index (κ1) is 11.7. The van der Waals surface area contributed by atoms with Gasteiger partial charge in [0.25, 0.3) is 0 Å². The molecule has 0 aromatic rings. The third-order valence-corrected chi connectivity index (χ3v) is 3.93. The molecule has 1 rings (SSSR count). The van der Waals surface area contributed by atoms with Crippen LogP contribution >= 0.6 is 0 Å². The van der Waals surface area contributed by atoms with Gasteiger partial charge in [-0.05, 0) is 19.9 Å². The lowest BCUT2D eigenvalue weighted by atomic mass is 10.0. The van der Waals surface area contributed by atoms with Crippen LogP contribution in [0.25, 0.3) is 0 Å². The monoisotopic (exact) mass is 197 g/mol. The molecule has 2 nitrogen and oxygen atoms in total. The molecule has 82 valence electrons. The molecule has 1 aliphatic rings. The van der Waals surface area contributed by atoms with Crippen molar-refractivity contribution in [2.24, 2.45) is 5.92 Å². The van der Waals surface area contributed by atoms with Crippen molar-refractivity contribution in [3.05, 3.63) is 12.8 Å². The molecule has 4 atom stereocenters. The summed E-state index contributed by atoms with van der Waals surface area (Å²) in [4.78, 5) is 0. The smallest absolute Gasteiger partial charge is 0.163 e. The fourth-order valence-corrected chi connectivity index (χ4v) is 2.23. The second-order valence-electron chi connectivity index (χ2n) is 5.02. The lowest BCUT2D eigenvalue weighted by Gasteiger charge is -2.38. The van der Waals surface area contributed by atoms with Crippen molar-refractivity contribution in [2.75, 3.05) is 7.05 Å². The molecule has 14 heavy (non-hydrogen) atoms. The quantitative estimate of drug-likeness (QED) is 0.530. The van der Waals surface area contributed by atoms with Crippen LogP contribution in [-0.4, -0.2) is 29.8 Å². The predicted molar refractivity (Wildman–Crippen MR) is 61.7 cm³/mol. The zero-order valence-corrected chi connectivity index (χ0v) is 10.2. The molecule has 1 saturated heterocycles. The SMILES string of the molecule is C=C[N+](C)(C(C)C(C)C)C1N[C@@H]1CC. The summed E-state index contributed by atoms with van der Waals surface area (Å²) in [5.74, 6) is 0.693. The summed E-state index contributed by atoms with van der Waals surface area (Å²) in [5.41, 5.74) is 0. The van der Waals surface area contributed by atoms with Gasteiger partial charge < -0.3 is 0 Å². The molecule has 0 radical (unpaired) electrons. The first-order valence-corrected chi connectivity index (χ1v) is 5.72. The Morgan fingerprint density at radius 3 is 2.29 bits per heavy atom. The first-order valence-electron chi connectivity index (χ1n) is 5.72. The lowest BCUT2D eigenvalue weighted by molar-refractivity contribution is -0.899. The molecule has 2 heteroatoms. The minimum Gasteiger partial charge on any atom is -0.282 e. The Labute approximate surface area is 88.6 Å². The van der Waals surface area contributed by atoms with Crippen LogP contribution in [0.3, 0.4) is 0 Å². The Kier molecular flexibility index (Phi) is 3.38. The molecule has 0 aromatic heterocycles. The van der Waals surface area contributed by atoms with E-state index in [9.17, 15) is 0 Å². The van der Waals surface area contributed by atoms with Crippen molar-refractivity contribution < 1.29 is 4.48 Å². The molecule has 3 unspecified atom stereocenters. The number of nitrogens with zero attached hydrogens (tertiary/aromatic N) is 1. The Bertz CT molecular complexity index is 212. The Morgan fingerprint density at radius 1 is 1.43 bits per heavy atom. The minimum absolute atomic E-state index is 0.592. The lowest BCUT2D eigenvalue weighted by Crippen LogP contribution is -2.52. The van der Waals surface area contributed by atoms with Gasteiger partial charge in [0.2, 0.25) is 0 Å². The van der Waals surface area contributed by atoms with Crippen LogP contribution in [0.15, 0.2) is 12.8 Å². The second kappa shape index (κ2) is 4.03. The fourth-order valence-electron chi connectivity index (χ4n) is 2.23. The van der Waals surface area contributed by atoms with Gasteiger partial charge >= 0.3 is 0 Å². The number of likely N-dealkylation sites (N-methyl/N-ethyl adjacent to an activating group) is 1. The minimum atomic E-state index is 0.592. The number of hydrogen-bond acceptors (Lipinski definition) is 1. The maximum atomic E-state index is 4.00. The number of quaternary nitrogens is 1. The van der Waals surface area contributed by atoms with E-state index in [1.54, 1.807) is 0 Å². The van der Waals surface area contributed by atoms with E-state index in [1.807, 2.05) is 0 Å². The van der Waals surface area contributed by atoms with Crippen molar-refractivity contribution in [1.29, 1.82) is 0 Å². The average Bonchev–Trinajstić information content (AvgIpc) is 2.94. The van der Waals surface area contributed by atoms with Crippen molar-refractivity contribution in [3.63, 3.8) is 0 Å². The molecule has 0 amide bonds. The van der Waals surface area contributed by atoms with E-state index >= 15 is 0 Å². The maximum Gasteiger partial charge on any atom is 0.163 e. The van der Waals surface area contributed by atoms with Crippen molar-refractivity contribution in [1.82, 2.24) is 5.32 Å². The van der Waals surface area contributed by atoms with Crippen LogP contribution in [0.5, 0.6) is 0 Å². The van der Waals surface area contributed by atoms with E-state index in [2.05, 4.69) is 52.8 Å². The molecule has 1 aliphatic heterocycles. The van der Waals surface area contributed by atoms with Crippen LogP contribution in [0.1, 0.15) is 34.1 Å². The number of nitrogens with one attached hydrogen (secondary N) is 1. The third kappa shape index (κ3) is 1.86. The molecule has 0 saturated carbocycles. The summed E-state index contributed by atoms with van der Waals surface area (Å²) in [5, 5.41) is 3.55. The molecule has 0 bridgehead atoms. The molecule has 0 aliphatic carbocycles. The third-order valence-electron chi connectivity index (χ3n) is 3.93. The zero-order valence-electron chi connectivity index (χ0n) is 10.2. The summed E-state index contributed by atoms with van der Waals surface area (Å²) < 4.78 is 0.955. The van der Waals surface area contributed by atoms with Gasteiger partial charge in [0.15, 0.2) is 6.17 Å². The summed E-state index contributed by atoms with van der Waals surface area (Å²) in [6, 6.07) is 1.32. The normalized spacial score (nSPS) is 32.4. The van der Waals surface area contributed by atoms with Crippen LogP contribution < -0.4 is 5.32 Å². The van der Waals surface area contributed by atoms with Gasteiger partial charge in [-0.2, -0.15) is 0 Å². The molecule has 1 fully saturated rings. The largest absolute Gasteiger partial charge is 0.282 e. The molecule has 1 N–H and O–H groups in total. The Hall–Kier alpha value is -0.340. The highest BCUT2D eigenvalue weighted by atomic mass is 15.5. The molecular formula is C12H25N2+. The Balaban J connectivity index is 2.72. The maximum absolute atomic E-state index is 4.00. The van der Waals surface area contributed by atoms with E-state index in [4.69, 9.17) is 0 Å². The fraction of sp³-hybridized carbons (Fsp3) is 0.833. The highest BCUT2D eigenvalue weighted by molar-refractivity contribution is 4.92. The van der Waals surface area contributed by atoms with E-state index in [-0.39, 0.29) is 0 Å². The van der Waals surface area contributed by atoms with Gasteiger partial charge in [0.1, 0.15) is 0 Å². The van der Waals surface area contributed by atoms with Crippen molar-refractivity contribution in [2.45, 2.75) is 52.4 Å². The summed E-state index contributed by atoms with van der Waals surface area (Å²) in [6.07, 6.45) is 3.91. The molecular weight excluding hydrogens is 172 g/mol. The van der Waals surface area contributed by atoms with E-state index < -0.39 is 0 Å². The number of rotatable bonds is 5. The summed E-state index contributed by atoms with van der Waals surface area (Å²) in [6.45, 7) is 13.1. The van der Waals surface area contributed by atoms with Gasteiger partial charge in [0.05, 0.1) is 25.3 Å². The number of hydrogen-bond donors (Lipinski definition) is 1. The molecule has 1 heterocycles. The highest BCUT2D eigenvalue weighted by Crippen LogP contribution is 2.31. The first-order chi connectivity index (χ1) is 6.47. The zero-order chi connectivity index (χ0) is 10.9. The van der Waals surface area contributed by atoms with Gasteiger partial charge in [-0.1, -0.05) is 20.8 Å². The van der Waals surface area contributed by atoms with Crippen LogP contribution in [-0.2, 0) is 0 Å². The Morgan fingerprint density at radius 2 is 2.00 bits per heavy atom. The van der Waals surface area contributed by atoms with Crippen molar-refractivity contribution in [3.8, 4) is 0 Å². The predicted octanol–water partition coefficient (Wildman–Crippen LogP) is 2.33. The average molecular weight is 197 g/mol. The molecule has 0 aromatic carbocycles. The molecule has 0 spiro atoms. The van der Waals surface area contributed by atoms with Crippen molar-refractivity contribution >= 4 is 0 Å². The van der Waals surface area contributed by atoms with Crippen LogP contribution in [0.4, 0.5) is 0 Å². The highest BCUT2D eigenvalue weighted by Gasteiger charge is 2.51. The van der Waals surface area contributed by atoms with Gasteiger partial charge in [-0.15, -0.1) is 0 Å². The van der Waals surface area contributed by atoms with Gasteiger partial charge in [0, 0.05) is 5.92 Å². The van der Waals surface area contributed by atoms with Gasteiger partial charge in [-0.3, -0.25) is 9.80 Å². The topological polar surface area (TPSA) is 21.9 Å². The van der Waals surface area contributed by atoms with Crippen LogP contribution in [0, 0.1) is 5.92 Å². The second-order valence-corrected chi connectivity index (χ2v) is 5.02. The standard InChI is InChI=1S/C12H25N2/c1-7-11-12(13-11)14(6,8-2)10(5)9(3)4/h8-13H,2,7H2,1,3-6H3/q+1/t10?,11-,12?,14?/m1/s1. The van der Waals surface area contributed by atoms with E-state index in [0.717, 1.165) is 4.48 Å². The summed E-state index contributed by atoms with van der Waals surface area (Å²) >= 11 is 0. The summed E-state index contributed by atoms with van der Waals surface area (Å²) in [7, 11) is 2.28.